The molecule has 0 atom stereocenters. The van der Waals surface area contributed by atoms with E-state index < -0.39 is 66.4 Å². The molecule has 0 aliphatic heterocycles. The van der Waals surface area contributed by atoms with Crippen LogP contribution in [0.1, 0.15) is 31.8 Å². The van der Waals surface area contributed by atoms with Gasteiger partial charge in [0.2, 0.25) is 17.3 Å². The molecule has 15 nitrogen and oxygen atoms in total. The molecule has 0 spiro atoms. The number of ketones is 3. The minimum Gasteiger partial charge on any atom is -0.504 e. The van der Waals surface area contributed by atoms with Crippen LogP contribution in [0, 0.1) is 0 Å². The van der Waals surface area contributed by atoms with Gasteiger partial charge in [0.15, 0.2) is 17.3 Å². The van der Waals surface area contributed by atoms with Crippen molar-refractivity contribution in [1.82, 2.24) is 0 Å². The quantitative estimate of drug-likeness (QED) is 0.0728. The van der Waals surface area contributed by atoms with E-state index in [0.717, 1.165) is 42.5 Å². The van der Waals surface area contributed by atoms with Crippen LogP contribution in [0.3, 0.4) is 0 Å². The van der Waals surface area contributed by atoms with Gasteiger partial charge in [-0.05, 0) is 47.5 Å². The number of allylic oxidation sites excluding steroid dienone is 1. The van der Waals surface area contributed by atoms with Crippen molar-refractivity contribution in [3.8, 4) is 23.0 Å². The third-order valence-corrected chi connectivity index (χ3v) is 6.70. The smallest absolute Gasteiger partial charge is 0.340 e. The van der Waals surface area contributed by atoms with E-state index in [2.05, 4.69) is 20.1 Å². The first kappa shape index (κ1) is 26.2. The van der Waals surface area contributed by atoms with Gasteiger partial charge in [-0.2, -0.15) is 8.42 Å². The number of phenolic OH excluding ortho intramolecular Hbond substituents is 3. The van der Waals surface area contributed by atoms with Crippen LogP contribution in [0.4, 0.5) is 5.69 Å². The summed E-state index contributed by atoms with van der Waals surface area (Å²) in [6, 6.07) is 9.91. The van der Waals surface area contributed by atoms with Crippen LogP contribution < -0.4 is 4.18 Å². The Bertz CT molecular complexity index is 1840. The number of nitrogens with zero attached hydrogens (tertiary/aromatic N) is 6. The number of fused-ring (bicyclic) bond motifs is 1. The molecule has 16 heteroatoms. The summed E-state index contributed by atoms with van der Waals surface area (Å²) in [5.74, 6) is -6.24. The molecule has 39 heavy (non-hydrogen) atoms. The van der Waals surface area contributed by atoms with Crippen LogP contribution in [0.15, 0.2) is 70.5 Å². The molecule has 194 valence electrons. The van der Waals surface area contributed by atoms with Crippen molar-refractivity contribution >= 4 is 38.1 Å². The van der Waals surface area contributed by atoms with Gasteiger partial charge in [0.25, 0.3) is 0 Å². The van der Waals surface area contributed by atoms with Gasteiger partial charge < -0.3 is 19.5 Å². The molecule has 3 N–H and O–H groups in total. The lowest BCUT2D eigenvalue weighted by Crippen LogP contribution is -2.27. The van der Waals surface area contributed by atoms with Crippen LogP contribution in [-0.4, -0.2) is 41.1 Å². The summed E-state index contributed by atoms with van der Waals surface area (Å²) >= 11 is 0. The van der Waals surface area contributed by atoms with E-state index in [1.807, 2.05) is 0 Å². The van der Waals surface area contributed by atoms with Gasteiger partial charge >= 0.3 is 10.1 Å². The summed E-state index contributed by atoms with van der Waals surface area (Å²) in [5.41, 5.74) is 15.0. The molecule has 0 fully saturated rings. The number of hydrogen-bond acceptors (Lipinski definition) is 11. The fraction of sp³-hybridized carbons (Fsp3) is 0. The first-order valence-electron chi connectivity index (χ1n) is 10.4. The highest BCUT2D eigenvalue weighted by Gasteiger charge is 2.40. The molecule has 0 heterocycles. The highest BCUT2D eigenvalue weighted by Crippen LogP contribution is 2.41. The Morgan fingerprint density at radius 2 is 1.51 bits per heavy atom. The predicted molar refractivity (Wildman–Crippen MR) is 132 cm³/mol. The van der Waals surface area contributed by atoms with E-state index in [0.29, 0.717) is 0 Å². The summed E-state index contributed by atoms with van der Waals surface area (Å²) in [6.07, 6.45) is 0. The number of rotatable bonds is 7. The van der Waals surface area contributed by atoms with Crippen molar-refractivity contribution < 1.29 is 42.3 Å². The first-order valence-corrected chi connectivity index (χ1v) is 11.8. The van der Waals surface area contributed by atoms with Crippen molar-refractivity contribution in [3.05, 3.63) is 103 Å². The Morgan fingerprint density at radius 1 is 0.846 bits per heavy atom. The lowest BCUT2D eigenvalue weighted by atomic mass is 9.92. The Kier molecular flexibility index (Phi) is 6.67. The summed E-state index contributed by atoms with van der Waals surface area (Å²) in [4.78, 5) is 41.9. The van der Waals surface area contributed by atoms with E-state index in [4.69, 9.17) is 15.2 Å². The molecule has 0 amide bonds. The maximum Gasteiger partial charge on any atom is 0.340 e. The standard InChI is InChI=1S/C23H12N6O9S/c24-28-26-14-3-1-2-12-16(14)23(17(27-29-25)22(35)19(12)32)39(36,37)38-11-6-4-10(5-7-11)18(31)13-8-9-15(30)21(34)20(13)33/h1-9,30,33-34H. The molecule has 1 aliphatic carbocycles. The molecule has 0 saturated carbocycles. The second kappa shape index (κ2) is 9.91. The number of Topliss-reactive ketones (excluding diaryl/α,β-unsaturated/α-hetero) is 2. The lowest BCUT2D eigenvalue weighted by molar-refractivity contribution is -0.111. The minimum atomic E-state index is -5.05. The molecular formula is C23H12N6O9S. The van der Waals surface area contributed by atoms with Crippen LogP contribution in [-0.2, 0) is 14.9 Å². The summed E-state index contributed by atoms with van der Waals surface area (Å²) < 4.78 is 31.8. The minimum absolute atomic E-state index is 0.0800. The zero-order chi connectivity index (χ0) is 28.5. The normalized spacial score (nSPS) is 12.7. The molecular weight excluding hydrogens is 536 g/mol. The number of aromatic hydroxyl groups is 3. The average Bonchev–Trinajstić information content (AvgIpc) is 2.90. The fourth-order valence-corrected chi connectivity index (χ4v) is 4.95. The van der Waals surface area contributed by atoms with Crippen molar-refractivity contribution in [2.75, 3.05) is 0 Å². The fourth-order valence-electron chi connectivity index (χ4n) is 3.67. The SMILES string of the molecule is [N-]=[N+]=NC1=C(S(=O)(=O)Oc2ccc(C(=O)c3ccc(O)c(O)c3O)cc2)c2c(N=[N+]=[N-])cccc2C(=O)C1=O. The second-order valence-corrected chi connectivity index (χ2v) is 9.12. The van der Waals surface area contributed by atoms with Crippen molar-refractivity contribution in [2.45, 2.75) is 0 Å². The van der Waals surface area contributed by atoms with Crippen LogP contribution in [0.2, 0.25) is 0 Å². The molecule has 0 radical (unpaired) electrons. The molecule has 4 rings (SSSR count). The topological polar surface area (TPSA) is 253 Å². The number of carbonyl (C=O) groups excluding carboxylic acids is 3. The largest absolute Gasteiger partial charge is 0.504 e. The van der Waals surface area contributed by atoms with Gasteiger partial charge in [-0.3, -0.25) is 14.4 Å². The number of azide groups is 2. The third-order valence-electron chi connectivity index (χ3n) is 5.39. The Morgan fingerprint density at radius 3 is 2.15 bits per heavy atom. The number of carbonyl (C=O) groups is 3. The van der Waals surface area contributed by atoms with E-state index in [-0.39, 0.29) is 22.6 Å². The summed E-state index contributed by atoms with van der Waals surface area (Å²) in [5, 5.41) is 35.5. The van der Waals surface area contributed by atoms with Crippen LogP contribution in [0.25, 0.3) is 25.8 Å². The van der Waals surface area contributed by atoms with Gasteiger partial charge in [0.05, 0.1) is 5.56 Å². The molecule has 3 aromatic rings. The highest BCUT2D eigenvalue weighted by atomic mass is 32.2. The van der Waals surface area contributed by atoms with Gasteiger partial charge in [0, 0.05) is 32.2 Å². The van der Waals surface area contributed by atoms with Gasteiger partial charge in [-0.15, -0.1) is 0 Å². The molecule has 0 bridgehead atoms. The van der Waals surface area contributed by atoms with Crippen molar-refractivity contribution in [3.63, 3.8) is 0 Å². The van der Waals surface area contributed by atoms with Gasteiger partial charge in [-0.25, -0.2) is 0 Å². The number of phenols is 3. The molecule has 0 unspecified atom stereocenters. The van der Waals surface area contributed by atoms with E-state index in [9.17, 15) is 38.1 Å². The maximum absolute atomic E-state index is 13.4. The first-order chi connectivity index (χ1) is 18.5. The Balaban J connectivity index is 1.78. The molecule has 0 saturated heterocycles. The monoisotopic (exact) mass is 548 g/mol. The van der Waals surface area contributed by atoms with Gasteiger partial charge in [0.1, 0.15) is 16.4 Å². The zero-order valence-corrected chi connectivity index (χ0v) is 19.9. The second-order valence-electron chi connectivity index (χ2n) is 7.63. The average molecular weight is 548 g/mol. The Hall–Kier alpha value is -5.82. The third kappa shape index (κ3) is 4.56. The molecule has 3 aromatic carbocycles. The number of benzene rings is 3. The van der Waals surface area contributed by atoms with Crippen LogP contribution >= 0.6 is 0 Å². The molecule has 0 aromatic heterocycles. The van der Waals surface area contributed by atoms with Gasteiger partial charge in [-0.1, -0.05) is 28.4 Å². The lowest BCUT2D eigenvalue weighted by Gasteiger charge is -2.21. The van der Waals surface area contributed by atoms with Crippen molar-refractivity contribution in [1.29, 1.82) is 0 Å². The molecule has 1 aliphatic rings. The highest BCUT2D eigenvalue weighted by molar-refractivity contribution is 7.96. The van der Waals surface area contributed by atoms with Crippen LogP contribution in [0.5, 0.6) is 23.0 Å². The van der Waals surface area contributed by atoms with E-state index in [1.54, 1.807) is 0 Å². The summed E-state index contributed by atoms with van der Waals surface area (Å²) in [6.45, 7) is 0. The van der Waals surface area contributed by atoms with E-state index in [1.165, 1.54) is 12.1 Å². The Labute approximate surface area is 217 Å². The maximum atomic E-state index is 13.4. The predicted octanol–water partition coefficient (Wildman–Crippen LogP) is 4.13. The number of hydrogen-bond donors (Lipinski definition) is 3. The summed E-state index contributed by atoms with van der Waals surface area (Å²) in [7, 11) is -5.05. The van der Waals surface area contributed by atoms with E-state index >= 15 is 0 Å². The zero-order valence-electron chi connectivity index (χ0n) is 19.1. The van der Waals surface area contributed by atoms with Crippen molar-refractivity contribution in [2.24, 2.45) is 10.2 Å².